The van der Waals surface area contributed by atoms with Gasteiger partial charge in [-0.15, -0.1) is 0 Å². The van der Waals surface area contributed by atoms with Crippen molar-refractivity contribution in [3.63, 3.8) is 0 Å². The molecule has 0 saturated carbocycles. The molecule has 0 aliphatic heterocycles. The van der Waals surface area contributed by atoms with Crippen LogP contribution in [-0.2, 0) is 0 Å². The van der Waals surface area contributed by atoms with Crippen LogP contribution in [0.15, 0.2) is 18.2 Å². The summed E-state index contributed by atoms with van der Waals surface area (Å²) in [7, 11) is 3.41. The minimum Gasteiger partial charge on any atom is -0.497 e. The average molecular weight is 350 g/mol. The number of rotatable bonds is 7. The molecule has 1 heterocycles. The van der Waals surface area contributed by atoms with E-state index in [-0.39, 0.29) is 6.10 Å². The van der Waals surface area contributed by atoms with E-state index < -0.39 is 0 Å². The Bertz CT molecular complexity index is 703. The Morgan fingerprint density at radius 2 is 1.92 bits per heavy atom. The van der Waals surface area contributed by atoms with Crippen LogP contribution >= 0.6 is 11.6 Å². The third-order valence-corrected chi connectivity index (χ3v) is 4.21. The van der Waals surface area contributed by atoms with Crippen LogP contribution < -0.4 is 14.8 Å². The van der Waals surface area contributed by atoms with Crippen LogP contribution in [-0.4, -0.2) is 30.2 Å². The summed E-state index contributed by atoms with van der Waals surface area (Å²) in [6.07, 6.45) is 1.97. The molecular formula is C18H24ClN3O2. The molecule has 24 heavy (non-hydrogen) atoms. The second kappa shape index (κ2) is 8.20. The summed E-state index contributed by atoms with van der Waals surface area (Å²) in [5, 5.41) is 3.63. The third-order valence-electron chi connectivity index (χ3n) is 3.90. The molecule has 0 aliphatic rings. The number of nitrogens with one attached hydrogen (secondary N) is 1. The molecule has 0 aliphatic carbocycles. The predicted octanol–water partition coefficient (Wildman–Crippen LogP) is 4.72. The van der Waals surface area contributed by atoms with Crippen molar-refractivity contribution < 1.29 is 9.47 Å². The molecule has 0 fully saturated rings. The summed E-state index contributed by atoms with van der Waals surface area (Å²) in [4.78, 5) is 9.28. The van der Waals surface area contributed by atoms with Gasteiger partial charge < -0.3 is 14.8 Å². The summed E-state index contributed by atoms with van der Waals surface area (Å²) < 4.78 is 11.2. The highest BCUT2D eigenvalue weighted by Crippen LogP contribution is 2.34. The first-order chi connectivity index (χ1) is 11.5. The van der Waals surface area contributed by atoms with Crippen molar-refractivity contribution in [3.8, 4) is 22.9 Å². The summed E-state index contributed by atoms with van der Waals surface area (Å²) in [6, 6.07) is 5.51. The lowest BCUT2D eigenvalue weighted by Crippen LogP contribution is -2.16. The van der Waals surface area contributed by atoms with Crippen LogP contribution in [0, 0.1) is 6.92 Å². The number of aryl methyl sites for hydroxylation is 1. The molecular weight excluding hydrogens is 326 g/mol. The number of nitrogens with zero attached hydrogens (tertiary/aromatic N) is 2. The van der Waals surface area contributed by atoms with Gasteiger partial charge in [0.1, 0.15) is 11.9 Å². The lowest BCUT2D eigenvalue weighted by molar-refractivity contribution is 0.185. The molecule has 1 aromatic heterocycles. The fourth-order valence-corrected chi connectivity index (χ4v) is 2.69. The Balaban J connectivity index is 2.46. The second-order valence-corrected chi connectivity index (χ2v) is 5.87. The fraction of sp³-hybridized carbons (Fsp3) is 0.444. The van der Waals surface area contributed by atoms with E-state index in [0.717, 1.165) is 29.8 Å². The van der Waals surface area contributed by atoms with E-state index in [9.17, 15) is 0 Å². The Hall–Kier alpha value is -2.01. The number of halogens is 1. The monoisotopic (exact) mass is 349 g/mol. The fourth-order valence-electron chi connectivity index (χ4n) is 2.43. The van der Waals surface area contributed by atoms with Gasteiger partial charge in [-0.25, -0.2) is 9.97 Å². The van der Waals surface area contributed by atoms with Gasteiger partial charge in [-0.2, -0.15) is 0 Å². The SMILES string of the molecule is CCC(CC)Oc1nc(C)c(-c2ccc(OC)cc2Cl)nc1NC. The molecule has 0 radical (unpaired) electrons. The second-order valence-electron chi connectivity index (χ2n) is 5.46. The highest BCUT2D eigenvalue weighted by Gasteiger charge is 2.17. The first-order valence-electron chi connectivity index (χ1n) is 8.10. The lowest BCUT2D eigenvalue weighted by atomic mass is 10.1. The van der Waals surface area contributed by atoms with E-state index in [1.807, 2.05) is 19.1 Å². The van der Waals surface area contributed by atoms with Gasteiger partial charge in [-0.05, 0) is 38.0 Å². The van der Waals surface area contributed by atoms with Crippen molar-refractivity contribution in [2.45, 2.75) is 39.7 Å². The van der Waals surface area contributed by atoms with E-state index in [0.29, 0.717) is 22.5 Å². The van der Waals surface area contributed by atoms with E-state index in [4.69, 9.17) is 21.1 Å². The number of methoxy groups -OCH3 is 1. The van der Waals surface area contributed by atoms with E-state index >= 15 is 0 Å². The predicted molar refractivity (Wildman–Crippen MR) is 98.3 cm³/mol. The van der Waals surface area contributed by atoms with Crippen molar-refractivity contribution in [2.75, 3.05) is 19.5 Å². The molecule has 0 saturated heterocycles. The van der Waals surface area contributed by atoms with E-state index in [2.05, 4.69) is 29.1 Å². The number of hydrogen-bond acceptors (Lipinski definition) is 5. The van der Waals surface area contributed by atoms with Gasteiger partial charge in [0.2, 0.25) is 0 Å². The highest BCUT2D eigenvalue weighted by atomic mass is 35.5. The van der Waals surface area contributed by atoms with Gasteiger partial charge >= 0.3 is 0 Å². The minimum absolute atomic E-state index is 0.126. The quantitative estimate of drug-likeness (QED) is 0.783. The molecule has 130 valence electrons. The Morgan fingerprint density at radius 1 is 1.21 bits per heavy atom. The van der Waals surface area contributed by atoms with Crippen molar-refractivity contribution in [2.24, 2.45) is 0 Å². The largest absolute Gasteiger partial charge is 0.497 e. The van der Waals surface area contributed by atoms with Crippen LogP contribution in [0.5, 0.6) is 11.6 Å². The molecule has 6 heteroatoms. The summed E-state index contributed by atoms with van der Waals surface area (Å²) in [6.45, 7) is 6.10. The molecule has 0 amide bonds. The summed E-state index contributed by atoms with van der Waals surface area (Å²) >= 11 is 6.38. The molecule has 0 bridgehead atoms. The Kier molecular flexibility index (Phi) is 6.26. The molecule has 5 nitrogen and oxygen atoms in total. The summed E-state index contributed by atoms with van der Waals surface area (Å²) in [5.41, 5.74) is 2.30. The van der Waals surface area contributed by atoms with Gasteiger partial charge in [0.25, 0.3) is 5.88 Å². The van der Waals surface area contributed by atoms with Gasteiger partial charge in [0.15, 0.2) is 5.82 Å². The molecule has 0 spiro atoms. The molecule has 2 aromatic rings. The van der Waals surface area contributed by atoms with E-state index in [1.165, 1.54) is 0 Å². The smallest absolute Gasteiger partial charge is 0.257 e. The Labute approximate surface area is 148 Å². The normalized spacial score (nSPS) is 10.8. The zero-order valence-electron chi connectivity index (χ0n) is 14.8. The van der Waals surface area contributed by atoms with Crippen LogP contribution in [0.1, 0.15) is 32.4 Å². The van der Waals surface area contributed by atoms with Gasteiger partial charge in [-0.3, -0.25) is 0 Å². The molecule has 2 rings (SSSR count). The first kappa shape index (κ1) is 18.3. The molecule has 0 atom stereocenters. The Morgan fingerprint density at radius 3 is 2.46 bits per heavy atom. The van der Waals surface area contributed by atoms with Crippen molar-refractivity contribution in [3.05, 3.63) is 28.9 Å². The van der Waals surface area contributed by atoms with Crippen LogP contribution in [0.3, 0.4) is 0 Å². The standard InChI is InChI=1S/C18H24ClN3O2/c1-6-12(7-2)24-18-17(20-4)22-16(11(3)21-18)14-9-8-13(23-5)10-15(14)19/h8-10,12H,6-7H2,1-5H3,(H,20,22). The number of ether oxygens (including phenoxy) is 2. The van der Waals surface area contributed by atoms with Crippen LogP contribution in [0.2, 0.25) is 5.02 Å². The molecule has 0 unspecified atom stereocenters. The zero-order valence-corrected chi connectivity index (χ0v) is 15.6. The van der Waals surface area contributed by atoms with Crippen LogP contribution in [0.25, 0.3) is 11.3 Å². The van der Waals surface area contributed by atoms with Gasteiger partial charge in [0.05, 0.1) is 23.5 Å². The maximum absolute atomic E-state index is 6.38. The zero-order chi connectivity index (χ0) is 17.7. The number of anilines is 1. The van der Waals surface area contributed by atoms with Crippen molar-refractivity contribution in [1.29, 1.82) is 0 Å². The number of benzene rings is 1. The highest BCUT2D eigenvalue weighted by molar-refractivity contribution is 6.33. The third kappa shape index (κ3) is 3.90. The minimum atomic E-state index is 0.126. The number of aromatic nitrogens is 2. The molecule has 1 aromatic carbocycles. The van der Waals surface area contributed by atoms with Crippen LogP contribution in [0.4, 0.5) is 5.82 Å². The van der Waals surface area contributed by atoms with Gasteiger partial charge in [0, 0.05) is 12.6 Å². The average Bonchev–Trinajstić information content (AvgIpc) is 2.60. The van der Waals surface area contributed by atoms with E-state index in [1.54, 1.807) is 20.2 Å². The summed E-state index contributed by atoms with van der Waals surface area (Å²) in [5.74, 6) is 1.84. The van der Waals surface area contributed by atoms with Gasteiger partial charge in [-0.1, -0.05) is 25.4 Å². The van der Waals surface area contributed by atoms with Crippen molar-refractivity contribution in [1.82, 2.24) is 9.97 Å². The number of hydrogen-bond donors (Lipinski definition) is 1. The molecule has 1 N–H and O–H groups in total. The maximum atomic E-state index is 6.38. The van der Waals surface area contributed by atoms with Crippen molar-refractivity contribution >= 4 is 17.4 Å². The first-order valence-corrected chi connectivity index (χ1v) is 8.48. The lowest BCUT2D eigenvalue weighted by Gasteiger charge is -2.18. The maximum Gasteiger partial charge on any atom is 0.257 e. The topological polar surface area (TPSA) is 56.3 Å².